The first-order valence-electron chi connectivity index (χ1n) is 5.81. The third-order valence-electron chi connectivity index (χ3n) is 2.33. The molecule has 0 aliphatic rings. The maximum atomic E-state index is 5.60. The van der Waals surface area contributed by atoms with Gasteiger partial charge in [0, 0.05) is 19.7 Å². The van der Waals surface area contributed by atoms with Crippen molar-refractivity contribution in [3.63, 3.8) is 0 Å². The van der Waals surface area contributed by atoms with Gasteiger partial charge in [-0.1, -0.05) is 6.42 Å². The Hall–Kier alpha value is -1.17. The van der Waals surface area contributed by atoms with E-state index in [2.05, 4.69) is 26.9 Å². The lowest BCUT2D eigenvalue weighted by molar-refractivity contribution is 0.748. The van der Waals surface area contributed by atoms with Crippen LogP contribution >= 0.6 is 11.8 Å². The van der Waals surface area contributed by atoms with Gasteiger partial charge >= 0.3 is 0 Å². The summed E-state index contributed by atoms with van der Waals surface area (Å²) in [5.41, 5.74) is 5.60. The van der Waals surface area contributed by atoms with Gasteiger partial charge in [0.15, 0.2) is 0 Å². The number of thioether (sulfide) groups is 1. The molecule has 1 heterocycles. The second kappa shape index (κ2) is 8.00. The summed E-state index contributed by atoms with van der Waals surface area (Å²) < 4.78 is 0. The topological polar surface area (TPSA) is 75.9 Å². The van der Waals surface area contributed by atoms with E-state index in [1.54, 1.807) is 0 Å². The van der Waals surface area contributed by atoms with Crippen LogP contribution in [0.5, 0.6) is 0 Å². The van der Waals surface area contributed by atoms with Gasteiger partial charge in [0.05, 0.1) is 0 Å². The van der Waals surface area contributed by atoms with Crippen LogP contribution in [0, 0.1) is 0 Å². The van der Waals surface area contributed by atoms with Gasteiger partial charge in [-0.15, -0.1) is 0 Å². The molecule has 0 unspecified atom stereocenters. The maximum absolute atomic E-state index is 5.60. The lowest BCUT2D eigenvalue weighted by Gasteiger charge is -2.07. The molecule has 6 heteroatoms. The van der Waals surface area contributed by atoms with Gasteiger partial charge in [0.1, 0.15) is 11.6 Å². The molecule has 17 heavy (non-hydrogen) atoms. The van der Waals surface area contributed by atoms with Crippen molar-refractivity contribution in [1.29, 1.82) is 0 Å². The number of aromatic nitrogens is 2. The van der Waals surface area contributed by atoms with Crippen LogP contribution in [0.2, 0.25) is 0 Å². The number of rotatable bonds is 8. The number of nitrogen functional groups attached to an aromatic ring is 1. The normalized spacial score (nSPS) is 10.2. The Kier molecular flexibility index (Phi) is 6.54. The van der Waals surface area contributed by atoms with Crippen LogP contribution in [-0.2, 0) is 0 Å². The second-order valence-corrected chi connectivity index (χ2v) is 4.71. The van der Waals surface area contributed by atoms with Crippen molar-refractivity contribution in [3.05, 3.63) is 6.07 Å². The smallest absolute Gasteiger partial charge is 0.223 e. The number of hydrogen-bond acceptors (Lipinski definition) is 6. The van der Waals surface area contributed by atoms with Crippen molar-refractivity contribution >= 4 is 29.3 Å². The fourth-order valence-corrected chi connectivity index (χ4v) is 1.94. The summed E-state index contributed by atoms with van der Waals surface area (Å²) in [7, 11) is 1.81. The van der Waals surface area contributed by atoms with E-state index in [0.29, 0.717) is 5.95 Å². The highest BCUT2D eigenvalue weighted by Crippen LogP contribution is 2.12. The summed E-state index contributed by atoms with van der Waals surface area (Å²) in [6.07, 6.45) is 5.81. The summed E-state index contributed by atoms with van der Waals surface area (Å²) in [6, 6.07) is 1.86. The molecule has 0 bridgehead atoms. The lowest BCUT2D eigenvalue weighted by atomic mass is 10.2. The van der Waals surface area contributed by atoms with Crippen LogP contribution in [0.1, 0.15) is 19.3 Å². The largest absolute Gasteiger partial charge is 0.373 e. The quantitative estimate of drug-likeness (QED) is 0.617. The molecular weight excluding hydrogens is 234 g/mol. The number of nitrogens with two attached hydrogens (primary N) is 1. The number of unbranched alkanes of at least 4 members (excludes halogenated alkanes) is 2. The van der Waals surface area contributed by atoms with Crippen molar-refractivity contribution in [1.82, 2.24) is 9.97 Å². The standard InChI is InChI=1S/C11H21N5S/c1-13-9-8-10(16-11(12)15-9)14-6-4-3-5-7-17-2/h8H,3-7H2,1-2H3,(H4,12,13,14,15,16). The van der Waals surface area contributed by atoms with Crippen LogP contribution in [0.4, 0.5) is 17.6 Å². The molecule has 5 nitrogen and oxygen atoms in total. The average Bonchev–Trinajstić information content (AvgIpc) is 2.33. The zero-order valence-electron chi connectivity index (χ0n) is 10.5. The highest BCUT2D eigenvalue weighted by atomic mass is 32.2. The van der Waals surface area contributed by atoms with Gasteiger partial charge in [-0.25, -0.2) is 0 Å². The molecule has 0 aromatic carbocycles. The summed E-state index contributed by atoms with van der Waals surface area (Å²) >= 11 is 1.90. The Morgan fingerprint density at radius 2 is 2.00 bits per heavy atom. The lowest BCUT2D eigenvalue weighted by Crippen LogP contribution is -2.07. The Balaban J connectivity index is 2.28. The molecular formula is C11H21N5S. The molecule has 0 fully saturated rings. The van der Waals surface area contributed by atoms with Crippen molar-refractivity contribution in [2.45, 2.75) is 19.3 Å². The molecule has 1 aromatic rings. The molecule has 0 saturated carbocycles. The minimum Gasteiger partial charge on any atom is -0.373 e. The monoisotopic (exact) mass is 255 g/mol. The Labute approximate surface area is 107 Å². The molecule has 0 saturated heterocycles. The SMILES string of the molecule is CNc1cc(NCCCCCSC)nc(N)n1. The van der Waals surface area contributed by atoms with Crippen LogP contribution in [0.15, 0.2) is 6.07 Å². The van der Waals surface area contributed by atoms with Crippen LogP contribution in [0.25, 0.3) is 0 Å². The van der Waals surface area contributed by atoms with E-state index in [1.165, 1.54) is 18.6 Å². The van der Waals surface area contributed by atoms with Crippen molar-refractivity contribution in [2.24, 2.45) is 0 Å². The van der Waals surface area contributed by atoms with Crippen molar-refractivity contribution < 1.29 is 0 Å². The van der Waals surface area contributed by atoms with Gasteiger partial charge in [-0.3, -0.25) is 0 Å². The van der Waals surface area contributed by atoms with Crippen LogP contribution < -0.4 is 16.4 Å². The average molecular weight is 255 g/mol. The summed E-state index contributed by atoms with van der Waals surface area (Å²) in [5, 5.41) is 6.21. The number of nitrogens with one attached hydrogen (secondary N) is 2. The first-order valence-corrected chi connectivity index (χ1v) is 7.20. The first-order chi connectivity index (χ1) is 8.26. The fraction of sp³-hybridized carbons (Fsp3) is 0.636. The molecule has 0 radical (unpaired) electrons. The van der Waals surface area contributed by atoms with Gasteiger partial charge in [-0.2, -0.15) is 21.7 Å². The zero-order valence-corrected chi connectivity index (χ0v) is 11.3. The maximum Gasteiger partial charge on any atom is 0.223 e. The molecule has 1 aromatic heterocycles. The van der Waals surface area contributed by atoms with Crippen molar-refractivity contribution in [2.75, 3.05) is 42.0 Å². The van der Waals surface area contributed by atoms with Gasteiger partial charge < -0.3 is 16.4 Å². The Morgan fingerprint density at radius 1 is 1.24 bits per heavy atom. The molecule has 0 amide bonds. The summed E-state index contributed by atoms with van der Waals surface area (Å²) in [6.45, 7) is 0.925. The third kappa shape index (κ3) is 5.63. The highest BCUT2D eigenvalue weighted by molar-refractivity contribution is 7.98. The third-order valence-corrected chi connectivity index (χ3v) is 3.03. The van der Waals surface area contributed by atoms with E-state index in [1.807, 2.05) is 24.9 Å². The van der Waals surface area contributed by atoms with Gasteiger partial charge in [0.2, 0.25) is 5.95 Å². The fourth-order valence-electron chi connectivity index (χ4n) is 1.45. The molecule has 0 aliphatic carbocycles. The molecule has 1 rings (SSSR count). The second-order valence-electron chi connectivity index (χ2n) is 3.73. The van der Waals surface area contributed by atoms with E-state index >= 15 is 0 Å². The van der Waals surface area contributed by atoms with Gasteiger partial charge in [0.25, 0.3) is 0 Å². The molecule has 0 aliphatic heterocycles. The minimum atomic E-state index is 0.293. The molecule has 4 N–H and O–H groups in total. The number of hydrogen-bond donors (Lipinski definition) is 3. The first kappa shape index (κ1) is 13.9. The number of nitrogens with zero attached hydrogens (tertiary/aromatic N) is 2. The van der Waals surface area contributed by atoms with E-state index in [4.69, 9.17) is 5.73 Å². The molecule has 96 valence electrons. The minimum absolute atomic E-state index is 0.293. The van der Waals surface area contributed by atoms with Crippen LogP contribution in [-0.4, -0.2) is 35.6 Å². The van der Waals surface area contributed by atoms with E-state index in [0.717, 1.165) is 24.6 Å². The van der Waals surface area contributed by atoms with E-state index < -0.39 is 0 Å². The van der Waals surface area contributed by atoms with Crippen LogP contribution in [0.3, 0.4) is 0 Å². The predicted octanol–water partition coefficient (Wildman–Crippen LogP) is 2.05. The van der Waals surface area contributed by atoms with Crippen molar-refractivity contribution in [3.8, 4) is 0 Å². The summed E-state index contributed by atoms with van der Waals surface area (Å²) in [4.78, 5) is 8.16. The summed E-state index contributed by atoms with van der Waals surface area (Å²) in [5.74, 6) is 3.06. The number of anilines is 3. The molecule has 0 atom stereocenters. The Bertz CT molecular complexity index is 332. The Morgan fingerprint density at radius 3 is 2.71 bits per heavy atom. The molecule has 0 spiro atoms. The van der Waals surface area contributed by atoms with E-state index in [-0.39, 0.29) is 0 Å². The zero-order chi connectivity index (χ0) is 12.5. The highest BCUT2D eigenvalue weighted by Gasteiger charge is 2.00. The van der Waals surface area contributed by atoms with E-state index in [9.17, 15) is 0 Å². The predicted molar refractivity (Wildman–Crippen MR) is 76.7 cm³/mol. The van der Waals surface area contributed by atoms with Gasteiger partial charge in [-0.05, 0) is 24.9 Å².